The fourth-order valence-electron chi connectivity index (χ4n) is 2.31. The van der Waals surface area contributed by atoms with Crippen molar-refractivity contribution < 1.29 is 19.1 Å². The molecule has 1 aromatic rings. The molecule has 1 aromatic carbocycles. The number of hydrogen-bond acceptors (Lipinski definition) is 4. The summed E-state index contributed by atoms with van der Waals surface area (Å²) in [7, 11) is 0. The van der Waals surface area contributed by atoms with E-state index in [0.717, 1.165) is 12.0 Å². The highest BCUT2D eigenvalue weighted by molar-refractivity contribution is 6.30. The van der Waals surface area contributed by atoms with Gasteiger partial charge in [-0.1, -0.05) is 25.4 Å². The second-order valence-electron chi connectivity index (χ2n) is 6.19. The van der Waals surface area contributed by atoms with Crippen molar-refractivity contribution in [3.8, 4) is 5.75 Å². The number of carbonyl (C=O) groups is 2. The van der Waals surface area contributed by atoms with Crippen LogP contribution in [0.4, 0.5) is 4.79 Å². The number of ether oxygens (including phenoxy) is 2. The Bertz CT molecular complexity index is 578. The van der Waals surface area contributed by atoms with E-state index in [0.29, 0.717) is 29.8 Å². The second-order valence-corrected chi connectivity index (χ2v) is 6.63. The van der Waals surface area contributed by atoms with E-state index in [1.165, 1.54) is 0 Å². The molecule has 0 aliphatic carbocycles. The average Bonchev–Trinajstić information content (AvgIpc) is 2.51. The van der Waals surface area contributed by atoms with Gasteiger partial charge in [0.25, 0.3) is 5.91 Å². The van der Waals surface area contributed by atoms with E-state index < -0.39 is 6.09 Å². The Labute approximate surface area is 154 Å². The van der Waals surface area contributed by atoms with Gasteiger partial charge in [0.15, 0.2) is 6.61 Å². The van der Waals surface area contributed by atoms with Gasteiger partial charge in [-0.3, -0.25) is 4.79 Å². The van der Waals surface area contributed by atoms with E-state index in [1.807, 2.05) is 20.8 Å². The number of rotatable bonds is 9. The van der Waals surface area contributed by atoms with Crippen molar-refractivity contribution >= 4 is 23.6 Å². The largest absolute Gasteiger partial charge is 0.484 e. The van der Waals surface area contributed by atoms with Crippen LogP contribution in [0.5, 0.6) is 5.75 Å². The normalized spacial score (nSPS) is 11.8. The quantitative estimate of drug-likeness (QED) is 0.699. The Hall–Kier alpha value is -1.95. The third kappa shape index (κ3) is 8.63. The fraction of sp³-hybridized carbons (Fsp3) is 0.556. The molecule has 0 fully saturated rings. The van der Waals surface area contributed by atoms with Gasteiger partial charge in [-0.15, -0.1) is 0 Å². The van der Waals surface area contributed by atoms with Crippen LogP contribution in [0.25, 0.3) is 0 Å². The standard InChI is InChI=1S/C18H27ClN2O4/c1-5-24-18(23)21-15(8-12(2)3)10-20-17(22)11-25-16-7-6-14(19)9-13(16)4/h6-7,9,12,15H,5,8,10-11H2,1-4H3,(H,20,22)(H,21,23). The van der Waals surface area contributed by atoms with Crippen molar-refractivity contribution in [3.05, 3.63) is 28.8 Å². The third-order valence-electron chi connectivity index (χ3n) is 3.39. The van der Waals surface area contributed by atoms with Crippen LogP contribution in [0.2, 0.25) is 5.02 Å². The highest BCUT2D eigenvalue weighted by atomic mass is 35.5. The van der Waals surface area contributed by atoms with Crippen LogP contribution in [0, 0.1) is 12.8 Å². The first-order valence-corrected chi connectivity index (χ1v) is 8.78. The fourth-order valence-corrected chi connectivity index (χ4v) is 2.53. The van der Waals surface area contributed by atoms with E-state index in [2.05, 4.69) is 10.6 Å². The maximum atomic E-state index is 12.0. The van der Waals surface area contributed by atoms with Gasteiger partial charge >= 0.3 is 6.09 Å². The Balaban J connectivity index is 2.46. The SMILES string of the molecule is CCOC(=O)NC(CNC(=O)COc1ccc(Cl)cc1C)CC(C)C. The molecule has 7 heteroatoms. The first-order chi connectivity index (χ1) is 11.8. The minimum atomic E-state index is -0.476. The maximum absolute atomic E-state index is 12.0. The molecule has 0 aliphatic rings. The maximum Gasteiger partial charge on any atom is 0.407 e. The van der Waals surface area contributed by atoms with Gasteiger partial charge in [0.1, 0.15) is 5.75 Å². The number of benzene rings is 1. The molecule has 0 spiro atoms. The van der Waals surface area contributed by atoms with Crippen molar-refractivity contribution in [2.24, 2.45) is 5.92 Å². The Morgan fingerprint density at radius 1 is 1.28 bits per heavy atom. The molecule has 2 N–H and O–H groups in total. The molecule has 0 saturated carbocycles. The highest BCUT2D eigenvalue weighted by Crippen LogP contribution is 2.21. The van der Waals surface area contributed by atoms with Gasteiger partial charge in [-0.2, -0.15) is 0 Å². The molecule has 0 radical (unpaired) electrons. The lowest BCUT2D eigenvalue weighted by molar-refractivity contribution is -0.123. The molecule has 1 rings (SSSR count). The van der Waals surface area contributed by atoms with Crippen LogP contribution in [0.15, 0.2) is 18.2 Å². The van der Waals surface area contributed by atoms with Crippen molar-refractivity contribution in [2.75, 3.05) is 19.8 Å². The smallest absolute Gasteiger partial charge is 0.407 e. The minimum absolute atomic E-state index is 0.101. The van der Waals surface area contributed by atoms with E-state index >= 15 is 0 Å². The molecule has 0 heterocycles. The summed E-state index contributed by atoms with van der Waals surface area (Å²) >= 11 is 5.89. The zero-order valence-electron chi connectivity index (χ0n) is 15.2. The molecule has 0 aliphatic heterocycles. The number of carbonyl (C=O) groups excluding carboxylic acids is 2. The van der Waals surface area contributed by atoms with E-state index in [4.69, 9.17) is 21.1 Å². The van der Waals surface area contributed by atoms with Gasteiger partial charge in [0.2, 0.25) is 0 Å². The minimum Gasteiger partial charge on any atom is -0.484 e. The molecular formula is C18H27ClN2O4. The van der Waals surface area contributed by atoms with Crippen molar-refractivity contribution in [3.63, 3.8) is 0 Å². The lowest BCUT2D eigenvalue weighted by Gasteiger charge is -2.21. The van der Waals surface area contributed by atoms with E-state index in [1.54, 1.807) is 25.1 Å². The molecule has 1 unspecified atom stereocenters. The zero-order chi connectivity index (χ0) is 18.8. The molecule has 6 nitrogen and oxygen atoms in total. The molecule has 0 saturated heterocycles. The van der Waals surface area contributed by atoms with Gasteiger partial charge in [0.05, 0.1) is 6.61 Å². The number of amides is 2. The lowest BCUT2D eigenvalue weighted by atomic mass is 10.0. The predicted octanol–water partition coefficient (Wildman–Crippen LogP) is 3.30. The summed E-state index contributed by atoms with van der Waals surface area (Å²) in [6.45, 7) is 8.23. The summed E-state index contributed by atoms with van der Waals surface area (Å²) < 4.78 is 10.4. The van der Waals surface area contributed by atoms with E-state index in [9.17, 15) is 9.59 Å². The molecule has 2 amide bonds. The van der Waals surface area contributed by atoms with Gasteiger partial charge in [0, 0.05) is 17.6 Å². The Morgan fingerprint density at radius 2 is 2.00 bits per heavy atom. The van der Waals surface area contributed by atoms with Gasteiger partial charge < -0.3 is 20.1 Å². The summed E-state index contributed by atoms with van der Waals surface area (Å²) in [5.74, 6) is 0.730. The summed E-state index contributed by atoms with van der Waals surface area (Å²) in [6, 6.07) is 5.02. The van der Waals surface area contributed by atoms with Crippen LogP contribution < -0.4 is 15.4 Å². The molecule has 0 bridgehead atoms. The average molecular weight is 371 g/mol. The molecular weight excluding hydrogens is 344 g/mol. The van der Waals surface area contributed by atoms with Crippen molar-refractivity contribution in [2.45, 2.75) is 40.2 Å². The molecule has 25 heavy (non-hydrogen) atoms. The Kier molecular flexibility index (Phi) is 9.13. The predicted molar refractivity (Wildman–Crippen MR) is 98.1 cm³/mol. The number of halogens is 1. The summed E-state index contributed by atoms with van der Waals surface area (Å²) in [5, 5.41) is 6.16. The van der Waals surface area contributed by atoms with Gasteiger partial charge in [-0.05, 0) is 49.9 Å². The van der Waals surface area contributed by atoms with E-state index in [-0.39, 0.29) is 18.6 Å². The lowest BCUT2D eigenvalue weighted by Crippen LogP contribution is -2.45. The molecule has 140 valence electrons. The van der Waals surface area contributed by atoms with Crippen LogP contribution >= 0.6 is 11.6 Å². The summed E-state index contributed by atoms with van der Waals surface area (Å²) in [4.78, 5) is 23.6. The molecule has 0 aromatic heterocycles. The van der Waals surface area contributed by atoms with Crippen molar-refractivity contribution in [1.82, 2.24) is 10.6 Å². The first kappa shape index (κ1) is 21.1. The number of alkyl carbamates (subject to hydrolysis) is 1. The summed E-state index contributed by atoms with van der Waals surface area (Å²) in [6.07, 6.45) is 0.256. The van der Waals surface area contributed by atoms with Crippen LogP contribution in [-0.2, 0) is 9.53 Å². The third-order valence-corrected chi connectivity index (χ3v) is 3.63. The number of nitrogens with one attached hydrogen (secondary N) is 2. The highest BCUT2D eigenvalue weighted by Gasteiger charge is 2.16. The molecule has 1 atom stereocenters. The topological polar surface area (TPSA) is 76.7 Å². The van der Waals surface area contributed by atoms with Crippen LogP contribution in [0.1, 0.15) is 32.8 Å². The van der Waals surface area contributed by atoms with Gasteiger partial charge in [-0.25, -0.2) is 4.79 Å². The summed E-state index contributed by atoms with van der Waals surface area (Å²) in [5.41, 5.74) is 0.863. The van der Waals surface area contributed by atoms with Crippen molar-refractivity contribution in [1.29, 1.82) is 0 Å². The number of hydrogen-bond donors (Lipinski definition) is 2. The van der Waals surface area contributed by atoms with Crippen LogP contribution in [-0.4, -0.2) is 37.8 Å². The Morgan fingerprint density at radius 3 is 2.60 bits per heavy atom. The van der Waals surface area contributed by atoms with Crippen LogP contribution in [0.3, 0.4) is 0 Å². The second kappa shape index (κ2) is 10.8. The number of aryl methyl sites for hydroxylation is 1. The monoisotopic (exact) mass is 370 g/mol. The first-order valence-electron chi connectivity index (χ1n) is 8.40. The zero-order valence-corrected chi connectivity index (χ0v) is 16.0.